The van der Waals surface area contributed by atoms with Gasteiger partial charge < -0.3 is 4.74 Å². The normalized spacial score (nSPS) is 10.8. The Morgan fingerprint density at radius 2 is 1.71 bits per heavy atom. The molecule has 0 radical (unpaired) electrons. The molecule has 6 nitrogen and oxygen atoms in total. The molecule has 0 bridgehead atoms. The van der Waals surface area contributed by atoms with Crippen LogP contribution in [-0.4, -0.2) is 15.9 Å². The predicted octanol–water partition coefficient (Wildman–Crippen LogP) is 5.78. The number of aromatic nitrogens is 1. The SMILES string of the molecule is Cc1ccc(-c2cc(C(=O)OCc3ccccc3[N+](=O)[O-])c3ccccc3n2)cc1C. The highest BCUT2D eigenvalue weighted by molar-refractivity contribution is 6.04. The molecule has 0 amide bonds. The van der Waals surface area contributed by atoms with Gasteiger partial charge in [-0.05, 0) is 49.2 Å². The van der Waals surface area contributed by atoms with Crippen molar-refractivity contribution >= 4 is 22.6 Å². The lowest BCUT2D eigenvalue weighted by Gasteiger charge is -2.11. The summed E-state index contributed by atoms with van der Waals surface area (Å²) in [6, 6.07) is 21.3. The maximum Gasteiger partial charge on any atom is 0.339 e. The van der Waals surface area contributed by atoms with Gasteiger partial charge in [-0.15, -0.1) is 0 Å². The van der Waals surface area contributed by atoms with Crippen molar-refractivity contribution in [2.45, 2.75) is 20.5 Å². The van der Waals surface area contributed by atoms with E-state index in [4.69, 9.17) is 9.72 Å². The molecule has 0 atom stereocenters. The molecular formula is C25H20N2O4. The largest absolute Gasteiger partial charge is 0.457 e. The molecule has 0 saturated heterocycles. The van der Waals surface area contributed by atoms with Crippen LogP contribution in [0.2, 0.25) is 0 Å². The number of hydrogen-bond donors (Lipinski definition) is 0. The maximum atomic E-state index is 13.0. The summed E-state index contributed by atoms with van der Waals surface area (Å²) in [7, 11) is 0. The number of carbonyl (C=O) groups excluding carboxylic acids is 1. The van der Waals surface area contributed by atoms with Gasteiger partial charge in [0.1, 0.15) is 6.61 Å². The molecule has 4 rings (SSSR count). The van der Waals surface area contributed by atoms with Gasteiger partial charge >= 0.3 is 5.97 Å². The van der Waals surface area contributed by atoms with Crippen LogP contribution < -0.4 is 0 Å². The van der Waals surface area contributed by atoms with Crippen LogP contribution in [0.15, 0.2) is 72.8 Å². The van der Waals surface area contributed by atoms with Gasteiger partial charge in [-0.1, -0.05) is 42.5 Å². The fraction of sp³-hybridized carbons (Fsp3) is 0.120. The first-order chi connectivity index (χ1) is 14.9. The van der Waals surface area contributed by atoms with Crippen molar-refractivity contribution in [2.75, 3.05) is 0 Å². The summed E-state index contributed by atoms with van der Waals surface area (Å²) in [5, 5.41) is 11.9. The number of carbonyl (C=O) groups is 1. The molecule has 0 spiro atoms. The third kappa shape index (κ3) is 4.14. The van der Waals surface area contributed by atoms with Crippen LogP contribution >= 0.6 is 0 Å². The zero-order valence-electron chi connectivity index (χ0n) is 17.2. The van der Waals surface area contributed by atoms with Crippen LogP contribution in [0, 0.1) is 24.0 Å². The van der Waals surface area contributed by atoms with E-state index in [0.717, 1.165) is 11.1 Å². The van der Waals surface area contributed by atoms with Gasteiger partial charge in [0, 0.05) is 17.0 Å². The monoisotopic (exact) mass is 412 g/mol. The second-order valence-corrected chi connectivity index (χ2v) is 7.33. The number of rotatable bonds is 5. The number of aryl methyl sites for hydroxylation is 2. The van der Waals surface area contributed by atoms with E-state index in [0.29, 0.717) is 27.7 Å². The minimum Gasteiger partial charge on any atom is -0.457 e. The zero-order valence-corrected chi connectivity index (χ0v) is 17.2. The number of ether oxygens (including phenoxy) is 1. The van der Waals surface area contributed by atoms with Crippen molar-refractivity contribution in [3.63, 3.8) is 0 Å². The van der Waals surface area contributed by atoms with E-state index in [2.05, 4.69) is 0 Å². The number of fused-ring (bicyclic) bond motifs is 1. The molecule has 0 N–H and O–H groups in total. The first-order valence-electron chi connectivity index (χ1n) is 9.81. The minimum atomic E-state index is -0.554. The zero-order chi connectivity index (χ0) is 22.0. The molecule has 4 aromatic rings. The van der Waals surface area contributed by atoms with Crippen LogP contribution in [0.25, 0.3) is 22.2 Å². The molecule has 0 aliphatic carbocycles. The highest BCUT2D eigenvalue weighted by Gasteiger charge is 2.18. The first kappa shape index (κ1) is 20.2. The van der Waals surface area contributed by atoms with Crippen molar-refractivity contribution < 1.29 is 14.5 Å². The molecule has 0 saturated carbocycles. The molecule has 6 heteroatoms. The number of esters is 1. The molecule has 0 fully saturated rings. The van der Waals surface area contributed by atoms with E-state index in [1.807, 2.05) is 56.3 Å². The molecule has 1 heterocycles. The smallest absolute Gasteiger partial charge is 0.339 e. The Hall–Kier alpha value is -4.06. The fourth-order valence-corrected chi connectivity index (χ4v) is 3.42. The van der Waals surface area contributed by atoms with Gasteiger partial charge in [-0.3, -0.25) is 10.1 Å². The molecule has 0 aliphatic rings. The van der Waals surface area contributed by atoms with Crippen LogP contribution in [0.4, 0.5) is 5.69 Å². The second kappa shape index (κ2) is 8.36. The third-order valence-electron chi connectivity index (χ3n) is 5.29. The van der Waals surface area contributed by atoms with Gasteiger partial charge in [0.15, 0.2) is 0 Å². The summed E-state index contributed by atoms with van der Waals surface area (Å²) >= 11 is 0. The number of pyridine rings is 1. The highest BCUT2D eigenvalue weighted by atomic mass is 16.6. The summed E-state index contributed by atoms with van der Waals surface area (Å²) in [6.45, 7) is 3.88. The average Bonchev–Trinajstić information content (AvgIpc) is 2.78. The highest BCUT2D eigenvalue weighted by Crippen LogP contribution is 2.27. The standard InChI is InChI=1S/C25H20N2O4/c1-16-11-12-18(13-17(16)2)23-14-21(20-8-4-5-9-22(20)26-23)25(28)31-15-19-7-3-6-10-24(19)27(29)30/h3-14H,15H2,1-2H3. The number of hydrogen-bond acceptors (Lipinski definition) is 5. The Labute approximate surface area is 179 Å². The molecule has 0 unspecified atom stereocenters. The topological polar surface area (TPSA) is 82.3 Å². The van der Waals surface area contributed by atoms with Gasteiger partial charge in [-0.2, -0.15) is 0 Å². The van der Waals surface area contributed by atoms with Crippen molar-refractivity contribution in [1.29, 1.82) is 0 Å². The third-order valence-corrected chi connectivity index (χ3v) is 5.29. The van der Waals surface area contributed by atoms with Crippen LogP contribution in [0.1, 0.15) is 27.0 Å². The Kier molecular flexibility index (Phi) is 5.45. The summed E-state index contributed by atoms with van der Waals surface area (Å²) in [5.74, 6) is -0.554. The van der Waals surface area contributed by atoms with E-state index in [1.54, 1.807) is 24.3 Å². The van der Waals surface area contributed by atoms with E-state index in [1.165, 1.54) is 11.6 Å². The van der Waals surface area contributed by atoms with Crippen molar-refractivity contribution in [3.8, 4) is 11.3 Å². The van der Waals surface area contributed by atoms with Crippen molar-refractivity contribution in [1.82, 2.24) is 4.98 Å². The van der Waals surface area contributed by atoms with Gasteiger partial charge in [0.25, 0.3) is 5.69 Å². The van der Waals surface area contributed by atoms with Crippen molar-refractivity contribution in [3.05, 3.63) is 105 Å². The fourth-order valence-electron chi connectivity index (χ4n) is 3.42. The van der Waals surface area contributed by atoms with E-state index >= 15 is 0 Å². The van der Waals surface area contributed by atoms with Crippen molar-refractivity contribution in [2.24, 2.45) is 0 Å². The number of para-hydroxylation sites is 2. The second-order valence-electron chi connectivity index (χ2n) is 7.33. The molecule has 3 aromatic carbocycles. The lowest BCUT2D eigenvalue weighted by Crippen LogP contribution is -2.08. The Balaban J connectivity index is 1.71. The number of nitro benzene ring substituents is 1. The number of nitrogens with zero attached hydrogens (tertiary/aromatic N) is 2. The lowest BCUT2D eigenvalue weighted by molar-refractivity contribution is -0.385. The number of benzene rings is 3. The Bertz CT molecular complexity index is 1310. The molecular weight excluding hydrogens is 392 g/mol. The predicted molar refractivity (Wildman–Crippen MR) is 119 cm³/mol. The molecule has 154 valence electrons. The molecule has 31 heavy (non-hydrogen) atoms. The first-order valence-corrected chi connectivity index (χ1v) is 9.81. The summed E-state index contributed by atoms with van der Waals surface area (Å²) < 4.78 is 5.48. The Morgan fingerprint density at radius 1 is 0.968 bits per heavy atom. The molecule has 0 aliphatic heterocycles. The summed E-state index contributed by atoms with van der Waals surface area (Å²) in [5.41, 5.74) is 5.19. The van der Waals surface area contributed by atoms with Crippen LogP contribution in [0.3, 0.4) is 0 Å². The van der Waals surface area contributed by atoms with E-state index in [9.17, 15) is 14.9 Å². The maximum absolute atomic E-state index is 13.0. The van der Waals surface area contributed by atoms with Gasteiger partial charge in [0.2, 0.25) is 0 Å². The summed E-state index contributed by atoms with van der Waals surface area (Å²) in [4.78, 5) is 28.5. The van der Waals surface area contributed by atoms with Crippen LogP contribution in [-0.2, 0) is 11.3 Å². The van der Waals surface area contributed by atoms with E-state index in [-0.39, 0.29) is 12.3 Å². The summed E-state index contributed by atoms with van der Waals surface area (Å²) in [6.07, 6.45) is 0. The van der Waals surface area contributed by atoms with Crippen LogP contribution in [0.5, 0.6) is 0 Å². The van der Waals surface area contributed by atoms with Gasteiger partial charge in [-0.25, -0.2) is 9.78 Å². The van der Waals surface area contributed by atoms with Gasteiger partial charge in [0.05, 0.1) is 27.3 Å². The number of nitro groups is 1. The molecule has 1 aromatic heterocycles. The lowest BCUT2D eigenvalue weighted by atomic mass is 10.0. The minimum absolute atomic E-state index is 0.0780. The van der Waals surface area contributed by atoms with E-state index < -0.39 is 10.9 Å². The Morgan fingerprint density at radius 3 is 2.48 bits per heavy atom. The average molecular weight is 412 g/mol. The quantitative estimate of drug-likeness (QED) is 0.236.